The number of rotatable bonds is 4. The Bertz CT molecular complexity index is 636. The zero-order chi connectivity index (χ0) is 18.4. The van der Waals surface area contributed by atoms with Gasteiger partial charge >= 0.3 is 12.1 Å². The van der Waals surface area contributed by atoms with Crippen molar-refractivity contribution in [2.45, 2.75) is 20.8 Å². The van der Waals surface area contributed by atoms with Gasteiger partial charge in [-0.2, -0.15) is 0 Å². The lowest BCUT2D eigenvalue weighted by Crippen LogP contribution is -2.50. The molecule has 1 heterocycles. The van der Waals surface area contributed by atoms with Crippen molar-refractivity contribution in [2.75, 3.05) is 32.8 Å². The fourth-order valence-corrected chi connectivity index (χ4v) is 2.46. The summed E-state index contributed by atoms with van der Waals surface area (Å²) in [6.07, 6.45) is -0.336. The number of ether oxygens (including phenoxy) is 2. The van der Waals surface area contributed by atoms with Crippen LogP contribution < -0.4 is 4.74 Å². The average molecular weight is 348 g/mol. The van der Waals surface area contributed by atoms with E-state index >= 15 is 0 Å². The van der Waals surface area contributed by atoms with E-state index in [2.05, 4.69) is 0 Å². The molecule has 2 rings (SSSR count). The highest BCUT2D eigenvalue weighted by atomic mass is 16.6. The van der Waals surface area contributed by atoms with Crippen LogP contribution >= 0.6 is 0 Å². The van der Waals surface area contributed by atoms with Gasteiger partial charge in [-0.15, -0.1) is 0 Å². The van der Waals surface area contributed by atoms with Gasteiger partial charge in [0.05, 0.1) is 6.61 Å². The summed E-state index contributed by atoms with van der Waals surface area (Å²) in [6.45, 7) is 7.41. The molecule has 1 saturated heterocycles. The van der Waals surface area contributed by atoms with E-state index in [9.17, 15) is 14.4 Å². The Morgan fingerprint density at radius 2 is 1.72 bits per heavy atom. The molecule has 7 nitrogen and oxygen atoms in total. The molecule has 0 aliphatic carbocycles. The quantitative estimate of drug-likeness (QED) is 0.616. The number of esters is 1. The van der Waals surface area contributed by atoms with E-state index in [0.717, 1.165) is 0 Å². The molecule has 2 amide bonds. The largest absolute Gasteiger partial charge is 0.449 e. The first-order valence-corrected chi connectivity index (χ1v) is 8.36. The standard InChI is InChI=1S/C18H24N2O5/c1-13(2)12-24-18(23)20-9-7-19(8-10-20)17(22)15-5-4-6-16(11-15)25-14(3)21/h4-6,11,13H,7-10,12H2,1-3H3. The SMILES string of the molecule is CC(=O)Oc1cccc(C(=O)N2CCN(C(=O)OCC(C)C)CC2)c1. The van der Waals surface area contributed by atoms with Crippen LogP contribution in [-0.4, -0.2) is 60.6 Å². The molecule has 0 aromatic heterocycles. The summed E-state index contributed by atoms with van der Waals surface area (Å²) in [7, 11) is 0. The van der Waals surface area contributed by atoms with E-state index in [0.29, 0.717) is 44.1 Å². The number of amides is 2. The highest BCUT2D eigenvalue weighted by Crippen LogP contribution is 2.16. The minimum atomic E-state index is -0.432. The van der Waals surface area contributed by atoms with Crippen LogP contribution in [0.5, 0.6) is 5.75 Å². The van der Waals surface area contributed by atoms with Gasteiger partial charge < -0.3 is 19.3 Å². The first-order chi connectivity index (χ1) is 11.9. The summed E-state index contributed by atoms with van der Waals surface area (Å²) in [5.74, 6) is 0.0490. The van der Waals surface area contributed by atoms with E-state index < -0.39 is 5.97 Å². The Morgan fingerprint density at radius 1 is 1.08 bits per heavy atom. The lowest BCUT2D eigenvalue weighted by atomic mass is 10.1. The van der Waals surface area contributed by atoms with Crippen molar-refractivity contribution in [1.82, 2.24) is 9.80 Å². The molecule has 7 heteroatoms. The maximum atomic E-state index is 12.6. The predicted octanol–water partition coefficient (Wildman–Crippen LogP) is 2.16. The van der Waals surface area contributed by atoms with Crippen LogP contribution in [0.15, 0.2) is 24.3 Å². The summed E-state index contributed by atoms with van der Waals surface area (Å²) >= 11 is 0. The third-order valence-electron chi connectivity index (χ3n) is 3.71. The number of hydrogen-bond acceptors (Lipinski definition) is 5. The smallest absolute Gasteiger partial charge is 0.409 e. The molecule has 1 aromatic carbocycles. The van der Waals surface area contributed by atoms with E-state index in [-0.39, 0.29) is 17.9 Å². The van der Waals surface area contributed by atoms with Gasteiger partial charge in [-0.05, 0) is 24.1 Å². The van der Waals surface area contributed by atoms with Crippen LogP contribution in [0, 0.1) is 5.92 Å². The van der Waals surface area contributed by atoms with Gasteiger partial charge in [0.2, 0.25) is 0 Å². The molecule has 0 unspecified atom stereocenters. The summed E-state index contributed by atoms with van der Waals surface area (Å²) in [4.78, 5) is 38.8. The molecule has 136 valence electrons. The third kappa shape index (κ3) is 5.48. The highest BCUT2D eigenvalue weighted by Gasteiger charge is 2.26. The molecular weight excluding hydrogens is 324 g/mol. The molecule has 0 bridgehead atoms. The maximum Gasteiger partial charge on any atom is 0.409 e. The van der Waals surface area contributed by atoms with Crippen molar-refractivity contribution in [1.29, 1.82) is 0 Å². The van der Waals surface area contributed by atoms with Gasteiger partial charge in [0.25, 0.3) is 5.91 Å². The second-order valence-electron chi connectivity index (χ2n) is 6.37. The Hall–Kier alpha value is -2.57. The van der Waals surface area contributed by atoms with E-state index in [1.54, 1.807) is 34.1 Å². The molecule has 25 heavy (non-hydrogen) atoms. The van der Waals surface area contributed by atoms with Crippen molar-refractivity contribution in [3.63, 3.8) is 0 Å². The normalized spacial score (nSPS) is 14.4. The first-order valence-electron chi connectivity index (χ1n) is 8.36. The molecule has 0 spiro atoms. The molecular formula is C18H24N2O5. The van der Waals surface area contributed by atoms with Crippen molar-refractivity contribution in [3.8, 4) is 5.75 Å². The Labute approximate surface area is 147 Å². The number of nitrogens with zero attached hydrogens (tertiary/aromatic N) is 2. The summed E-state index contributed by atoms with van der Waals surface area (Å²) in [5, 5.41) is 0. The van der Waals surface area contributed by atoms with Crippen LogP contribution in [-0.2, 0) is 9.53 Å². The van der Waals surface area contributed by atoms with E-state index in [1.165, 1.54) is 6.92 Å². The summed E-state index contributed by atoms with van der Waals surface area (Å²) in [5.41, 5.74) is 0.453. The summed E-state index contributed by atoms with van der Waals surface area (Å²) < 4.78 is 10.2. The van der Waals surface area contributed by atoms with Crippen LogP contribution in [0.1, 0.15) is 31.1 Å². The van der Waals surface area contributed by atoms with Crippen molar-refractivity contribution in [3.05, 3.63) is 29.8 Å². The molecule has 1 aliphatic heterocycles. The zero-order valence-electron chi connectivity index (χ0n) is 14.9. The third-order valence-corrected chi connectivity index (χ3v) is 3.71. The van der Waals surface area contributed by atoms with E-state index in [4.69, 9.17) is 9.47 Å². The number of hydrogen-bond donors (Lipinski definition) is 0. The topological polar surface area (TPSA) is 76.2 Å². The minimum Gasteiger partial charge on any atom is -0.449 e. The molecule has 0 atom stereocenters. The zero-order valence-corrected chi connectivity index (χ0v) is 14.9. The Kier molecular flexibility index (Phi) is 6.38. The molecule has 0 radical (unpaired) electrons. The molecule has 1 fully saturated rings. The highest BCUT2D eigenvalue weighted by molar-refractivity contribution is 5.95. The van der Waals surface area contributed by atoms with Crippen LogP contribution in [0.25, 0.3) is 0 Å². The maximum absolute atomic E-state index is 12.6. The molecule has 1 aromatic rings. The van der Waals surface area contributed by atoms with Crippen molar-refractivity contribution in [2.24, 2.45) is 5.92 Å². The predicted molar refractivity (Wildman–Crippen MR) is 91.4 cm³/mol. The van der Waals surface area contributed by atoms with Gasteiger partial charge in [0.1, 0.15) is 5.75 Å². The van der Waals surface area contributed by atoms with Crippen molar-refractivity contribution < 1.29 is 23.9 Å². The van der Waals surface area contributed by atoms with Gasteiger partial charge in [0, 0.05) is 38.7 Å². The number of carbonyl (C=O) groups excluding carboxylic acids is 3. The summed E-state index contributed by atoms with van der Waals surface area (Å²) in [6, 6.07) is 6.53. The fourth-order valence-electron chi connectivity index (χ4n) is 2.46. The Balaban J connectivity index is 1.91. The number of carbonyl (C=O) groups is 3. The monoisotopic (exact) mass is 348 g/mol. The van der Waals surface area contributed by atoms with Crippen LogP contribution in [0.2, 0.25) is 0 Å². The van der Waals surface area contributed by atoms with Crippen molar-refractivity contribution >= 4 is 18.0 Å². The van der Waals surface area contributed by atoms with Crippen LogP contribution in [0.3, 0.4) is 0 Å². The lowest BCUT2D eigenvalue weighted by molar-refractivity contribution is -0.131. The van der Waals surface area contributed by atoms with Gasteiger partial charge in [-0.3, -0.25) is 9.59 Å². The first kappa shape index (κ1) is 18.8. The minimum absolute atomic E-state index is 0.149. The van der Waals surface area contributed by atoms with Crippen LogP contribution in [0.4, 0.5) is 4.79 Å². The number of piperazine rings is 1. The van der Waals surface area contributed by atoms with Gasteiger partial charge in [-0.25, -0.2) is 4.79 Å². The second-order valence-corrected chi connectivity index (χ2v) is 6.37. The van der Waals surface area contributed by atoms with E-state index in [1.807, 2.05) is 13.8 Å². The molecule has 0 N–H and O–H groups in total. The average Bonchev–Trinajstić information content (AvgIpc) is 2.59. The number of benzene rings is 1. The second kappa shape index (κ2) is 8.50. The molecule has 1 aliphatic rings. The molecule has 0 saturated carbocycles. The van der Waals surface area contributed by atoms with Gasteiger partial charge in [0.15, 0.2) is 0 Å². The Morgan fingerprint density at radius 3 is 2.32 bits per heavy atom. The van der Waals surface area contributed by atoms with Gasteiger partial charge in [-0.1, -0.05) is 19.9 Å². The lowest BCUT2D eigenvalue weighted by Gasteiger charge is -2.34. The fraction of sp³-hybridized carbons (Fsp3) is 0.500.